The zero-order valence-corrected chi connectivity index (χ0v) is 16.1. The van der Waals surface area contributed by atoms with E-state index in [4.69, 9.17) is 0 Å². The van der Waals surface area contributed by atoms with E-state index in [2.05, 4.69) is 10.4 Å². The van der Waals surface area contributed by atoms with Gasteiger partial charge in [0.1, 0.15) is 5.82 Å². The number of rotatable bonds is 5. The minimum absolute atomic E-state index is 0.146. The second kappa shape index (κ2) is 7.52. The molecule has 0 spiro atoms. The van der Waals surface area contributed by atoms with Crippen LogP contribution in [0.1, 0.15) is 18.5 Å². The summed E-state index contributed by atoms with van der Waals surface area (Å²) in [6.07, 6.45) is 0.601. The van der Waals surface area contributed by atoms with Crippen molar-refractivity contribution >= 4 is 43.1 Å². The summed E-state index contributed by atoms with van der Waals surface area (Å²) in [5.41, 5.74) is 0.809. The Morgan fingerprint density at radius 3 is 2.75 bits per heavy atom. The van der Waals surface area contributed by atoms with Crippen molar-refractivity contribution in [2.45, 2.75) is 26.3 Å². The highest BCUT2D eigenvalue weighted by Gasteiger charge is 2.14. The number of aryl methyl sites for hydroxylation is 2. The molecule has 0 bridgehead atoms. The number of para-hydroxylation sites is 1. The van der Waals surface area contributed by atoms with Crippen LogP contribution >= 0.6 is 11.3 Å². The maximum Gasteiger partial charge on any atom is 0.276 e. The van der Waals surface area contributed by atoms with Crippen LogP contribution in [0.15, 0.2) is 53.3 Å². The maximum absolute atomic E-state index is 13.6. The lowest BCUT2D eigenvalue weighted by Gasteiger charge is -2.08. The summed E-state index contributed by atoms with van der Waals surface area (Å²) in [5, 5.41) is 8.58. The number of carbonyl (C=O) groups excluding carboxylic acids is 1. The summed E-state index contributed by atoms with van der Waals surface area (Å²) in [6.45, 7) is 2.21. The van der Waals surface area contributed by atoms with Crippen LogP contribution in [-0.2, 0) is 11.3 Å². The first kappa shape index (κ1) is 18.3. The SMILES string of the molecule is Cc1nn(CCCC(=O)Nc2ccccc2F)c(=O)c2c1sc1ccccc12. The third-order valence-corrected chi connectivity index (χ3v) is 5.84. The predicted octanol–water partition coefficient (Wildman–Crippen LogP) is 4.48. The zero-order chi connectivity index (χ0) is 19.7. The van der Waals surface area contributed by atoms with Gasteiger partial charge in [0, 0.05) is 23.1 Å². The van der Waals surface area contributed by atoms with Crippen molar-refractivity contribution in [3.05, 3.63) is 70.4 Å². The second-order valence-corrected chi connectivity index (χ2v) is 7.60. The van der Waals surface area contributed by atoms with E-state index in [9.17, 15) is 14.0 Å². The Labute approximate surface area is 164 Å². The fraction of sp³-hybridized carbons (Fsp3) is 0.190. The van der Waals surface area contributed by atoms with Crippen molar-refractivity contribution in [2.24, 2.45) is 0 Å². The molecule has 0 radical (unpaired) electrons. The number of carbonyl (C=O) groups is 1. The number of halogens is 1. The van der Waals surface area contributed by atoms with Crippen molar-refractivity contribution in [2.75, 3.05) is 5.32 Å². The second-order valence-electron chi connectivity index (χ2n) is 6.55. The number of amides is 1. The van der Waals surface area contributed by atoms with Crippen LogP contribution in [0.4, 0.5) is 10.1 Å². The third kappa shape index (κ3) is 3.41. The Balaban J connectivity index is 1.51. The Bertz CT molecular complexity index is 1250. The number of hydrogen-bond acceptors (Lipinski definition) is 4. The average molecular weight is 395 g/mol. The number of thiophene rings is 1. The number of nitrogens with one attached hydrogen (secondary N) is 1. The zero-order valence-electron chi connectivity index (χ0n) is 15.2. The number of anilines is 1. The molecule has 0 aliphatic heterocycles. The molecule has 1 amide bonds. The molecule has 0 atom stereocenters. The molecule has 4 aromatic rings. The normalized spacial score (nSPS) is 11.2. The lowest BCUT2D eigenvalue weighted by Crippen LogP contribution is -2.24. The number of aromatic nitrogens is 2. The highest BCUT2D eigenvalue weighted by Crippen LogP contribution is 2.32. The van der Waals surface area contributed by atoms with E-state index in [1.165, 1.54) is 16.8 Å². The average Bonchev–Trinajstić information content (AvgIpc) is 3.08. The minimum Gasteiger partial charge on any atom is -0.324 e. The molecular weight excluding hydrogens is 377 g/mol. The van der Waals surface area contributed by atoms with Crippen LogP contribution in [0, 0.1) is 12.7 Å². The predicted molar refractivity (Wildman–Crippen MR) is 110 cm³/mol. The molecule has 142 valence electrons. The van der Waals surface area contributed by atoms with E-state index in [-0.39, 0.29) is 23.6 Å². The quantitative estimate of drug-likeness (QED) is 0.542. The molecule has 4 rings (SSSR count). The van der Waals surface area contributed by atoms with Gasteiger partial charge in [0.25, 0.3) is 5.56 Å². The van der Waals surface area contributed by atoms with Gasteiger partial charge in [0.15, 0.2) is 0 Å². The van der Waals surface area contributed by atoms with Gasteiger partial charge in [-0.1, -0.05) is 30.3 Å². The van der Waals surface area contributed by atoms with Gasteiger partial charge < -0.3 is 5.32 Å². The Kier molecular flexibility index (Phi) is 4.92. The topological polar surface area (TPSA) is 64.0 Å². The smallest absolute Gasteiger partial charge is 0.276 e. The summed E-state index contributed by atoms with van der Waals surface area (Å²) in [7, 11) is 0. The van der Waals surface area contributed by atoms with E-state index in [1.807, 2.05) is 31.2 Å². The van der Waals surface area contributed by atoms with E-state index in [1.54, 1.807) is 23.5 Å². The fourth-order valence-electron chi connectivity index (χ4n) is 3.23. The largest absolute Gasteiger partial charge is 0.324 e. The van der Waals surface area contributed by atoms with Crippen LogP contribution in [0.5, 0.6) is 0 Å². The summed E-state index contributed by atoms with van der Waals surface area (Å²) in [4.78, 5) is 25.0. The molecule has 28 heavy (non-hydrogen) atoms. The molecule has 2 aromatic carbocycles. The lowest BCUT2D eigenvalue weighted by atomic mass is 10.2. The molecule has 0 fully saturated rings. The third-order valence-electron chi connectivity index (χ3n) is 4.56. The molecule has 0 aliphatic rings. The van der Waals surface area contributed by atoms with Crippen LogP contribution in [-0.4, -0.2) is 15.7 Å². The summed E-state index contributed by atoms with van der Waals surface area (Å²) in [6, 6.07) is 13.8. The van der Waals surface area contributed by atoms with Gasteiger partial charge in [-0.2, -0.15) is 5.10 Å². The number of nitrogens with zero attached hydrogens (tertiary/aromatic N) is 2. The monoisotopic (exact) mass is 395 g/mol. The van der Waals surface area contributed by atoms with Gasteiger partial charge in [0.2, 0.25) is 5.91 Å². The standard InChI is InChI=1S/C21H18FN3O2S/c1-13-20-19(14-7-2-5-10-17(14)28-20)21(27)25(24-13)12-6-11-18(26)23-16-9-4-3-8-15(16)22/h2-5,7-10H,6,11-12H2,1H3,(H,23,26). The van der Waals surface area contributed by atoms with Crippen molar-refractivity contribution in [1.29, 1.82) is 0 Å². The van der Waals surface area contributed by atoms with Gasteiger partial charge in [-0.05, 0) is 31.5 Å². The van der Waals surface area contributed by atoms with Crippen LogP contribution in [0.2, 0.25) is 0 Å². The van der Waals surface area contributed by atoms with Gasteiger partial charge in [-0.15, -0.1) is 11.3 Å². The molecule has 0 unspecified atom stereocenters. The maximum atomic E-state index is 13.6. The van der Waals surface area contributed by atoms with Crippen molar-refractivity contribution in [3.63, 3.8) is 0 Å². The van der Waals surface area contributed by atoms with Crippen LogP contribution < -0.4 is 10.9 Å². The molecular formula is C21H18FN3O2S. The van der Waals surface area contributed by atoms with Gasteiger partial charge >= 0.3 is 0 Å². The van der Waals surface area contributed by atoms with E-state index in [0.717, 1.165) is 20.5 Å². The van der Waals surface area contributed by atoms with Gasteiger partial charge in [0.05, 0.1) is 21.5 Å². The highest BCUT2D eigenvalue weighted by molar-refractivity contribution is 7.26. The van der Waals surface area contributed by atoms with Crippen molar-refractivity contribution in [3.8, 4) is 0 Å². The van der Waals surface area contributed by atoms with Crippen molar-refractivity contribution in [1.82, 2.24) is 9.78 Å². The Morgan fingerprint density at radius 1 is 1.18 bits per heavy atom. The molecule has 2 aromatic heterocycles. The molecule has 2 heterocycles. The van der Waals surface area contributed by atoms with Crippen molar-refractivity contribution < 1.29 is 9.18 Å². The van der Waals surface area contributed by atoms with Gasteiger partial charge in [-0.3, -0.25) is 9.59 Å². The fourth-order valence-corrected chi connectivity index (χ4v) is 4.36. The first-order valence-electron chi connectivity index (χ1n) is 8.98. The molecule has 7 heteroatoms. The Hall–Kier alpha value is -3.06. The lowest BCUT2D eigenvalue weighted by molar-refractivity contribution is -0.116. The van der Waals surface area contributed by atoms with Crippen LogP contribution in [0.3, 0.4) is 0 Å². The number of benzene rings is 2. The highest BCUT2D eigenvalue weighted by atomic mass is 32.1. The first-order valence-corrected chi connectivity index (χ1v) is 9.79. The summed E-state index contributed by atoms with van der Waals surface area (Å²) in [5.74, 6) is -0.768. The Morgan fingerprint density at radius 2 is 1.93 bits per heavy atom. The summed E-state index contributed by atoms with van der Waals surface area (Å²) >= 11 is 1.57. The number of hydrogen-bond donors (Lipinski definition) is 1. The molecule has 0 aliphatic carbocycles. The van der Waals surface area contributed by atoms with E-state index >= 15 is 0 Å². The van der Waals surface area contributed by atoms with E-state index < -0.39 is 5.82 Å². The first-order chi connectivity index (χ1) is 13.5. The molecule has 1 N–H and O–H groups in total. The molecule has 0 saturated heterocycles. The minimum atomic E-state index is -0.473. The van der Waals surface area contributed by atoms with E-state index in [0.29, 0.717) is 18.4 Å². The number of fused-ring (bicyclic) bond motifs is 3. The molecule has 5 nitrogen and oxygen atoms in total. The summed E-state index contributed by atoms with van der Waals surface area (Å²) < 4.78 is 17.0. The van der Waals surface area contributed by atoms with Crippen LogP contribution in [0.25, 0.3) is 20.2 Å². The molecule has 0 saturated carbocycles. The van der Waals surface area contributed by atoms with Gasteiger partial charge in [-0.25, -0.2) is 9.07 Å².